The quantitative estimate of drug-likeness (QED) is 0.489. The highest BCUT2D eigenvalue weighted by Gasteiger charge is 2.35. The van der Waals surface area contributed by atoms with E-state index in [2.05, 4.69) is 15.6 Å². The summed E-state index contributed by atoms with van der Waals surface area (Å²) in [7, 11) is 0. The zero-order valence-electron chi connectivity index (χ0n) is 17.6. The third-order valence-electron chi connectivity index (χ3n) is 6.37. The SMILES string of the molecule is CC1=NN(C2CCOCC2)C(=O)C1=NNc1cccc(C2CCCC(C(=O)O)C2)c1O. The number of anilines is 1. The van der Waals surface area contributed by atoms with Crippen LogP contribution in [0.2, 0.25) is 0 Å². The first kappa shape index (κ1) is 21.3. The number of phenolic OH excluding ortho intramolecular Hbond substituents is 1. The van der Waals surface area contributed by atoms with Crippen molar-refractivity contribution in [2.45, 2.75) is 57.4 Å². The van der Waals surface area contributed by atoms with Gasteiger partial charge in [-0.15, -0.1) is 0 Å². The number of benzene rings is 1. The number of carboxylic acid groups (broad SMARTS) is 1. The first-order chi connectivity index (χ1) is 15.0. The van der Waals surface area contributed by atoms with Gasteiger partial charge in [0.1, 0.15) is 5.75 Å². The van der Waals surface area contributed by atoms with Gasteiger partial charge >= 0.3 is 5.97 Å². The van der Waals surface area contributed by atoms with Crippen molar-refractivity contribution >= 4 is 29.0 Å². The predicted molar refractivity (Wildman–Crippen MR) is 115 cm³/mol. The van der Waals surface area contributed by atoms with Gasteiger partial charge in [0.05, 0.1) is 23.4 Å². The number of amides is 1. The summed E-state index contributed by atoms with van der Waals surface area (Å²) >= 11 is 0. The van der Waals surface area contributed by atoms with E-state index in [1.807, 2.05) is 6.07 Å². The number of hydrogen-bond acceptors (Lipinski definition) is 7. The van der Waals surface area contributed by atoms with E-state index in [0.29, 0.717) is 43.0 Å². The molecule has 31 heavy (non-hydrogen) atoms. The second-order valence-electron chi connectivity index (χ2n) is 8.39. The molecule has 0 spiro atoms. The van der Waals surface area contributed by atoms with Gasteiger partial charge in [-0.1, -0.05) is 18.6 Å². The number of hydrogen-bond donors (Lipinski definition) is 3. The summed E-state index contributed by atoms with van der Waals surface area (Å²) in [6, 6.07) is 5.31. The summed E-state index contributed by atoms with van der Waals surface area (Å²) in [5.41, 5.74) is 4.66. The Balaban J connectivity index is 1.49. The van der Waals surface area contributed by atoms with Crippen molar-refractivity contribution in [3.05, 3.63) is 23.8 Å². The van der Waals surface area contributed by atoms with Gasteiger partial charge in [0.25, 0.3) is 5.91 Å². The molecule has 0 aromatic heterocycles. The lowest BCUT2D eigenvalue weighted by molar-refractivity contribution is -0.143. The minimum absolute atomic E-state index is 0.00844. The number of ether oxygens (including phenoxy) is 1. The fourth-order valence-electron chi connectivity index (χ4n) is 4.62. The molecule has 9 heteroatoms. The standard InChI is InChI=1S/C22H28N4O5/c1-13-19(21(28)26(25-13)16-8-10-31-11-9-16)24-23-18-7-3-6-17(20(18)27)14-4-2-5-15(12-14)22(29)30/h3,6-7,14-16,23,27H,2,4-5,8-12H2,1H3,(H,29,30). The Morgan fingerprint density at radius 3 is 2.77 bits per heavy atom. The molecule has 1 aromatic rings. The van der Waals surface area contributed by atoms with Gasteiger partial charge < -0.3 is 14.9 Å². The van der Waals surface area contributed by atoms with Crippen LogP contribution in [-0.4, -0.2) is 57.8 Å². The van der Waals surface area contributed by atoms with E-state index < -0.39 is 5.97 Å². The predicted octanol–water partition coefficient (Wildman–Crippen LogP) is 2.92. The van der Waals surface area contributed by atoms with Crippen LogP contribution < -0.4 is 5.43 Å². The second kappa shape index (κ2) is 9.05. The number of phenols is 1. The maximum absolute atomic E-state index is 12.8. The molecule has 1 aromatic carbocycles. The Morgan fingerprint density at radius 2 is 2.03 bits per heavy atom. The van der Waals surface area contributed by atoms with Crippen molar-refractivity contribution < 1.29 is 24.5 Å². The zero-order valence-corrected chi connectivity index (χ0v) is 17.6. The number of hydrazone groups is 2. The molecule has 1 saturated heterocycles. The average molecular weight is 428 g/mol. The minimum atomic E-state index is -0.784. The highest BCUT2D eigenvalue weighted by atomic mass is 16.5. The Hall–Kier alpha value is -2.94. The van der Waals surface area contributed by atoms with Crippen molar-refractivity contribution in [3.8, 4) is 5.75 Å². The Morgan fingerprint density at radius 1 is 1.26 bits per heavy atom. The summed E-state index contributed by atoms with van der Waals surface area (Å²) in [5.74, 6) is -1.41. The van der Waals surface area contributed by atoms with Gasteiger partial charge in [-0.05, 0) is 56.6 Å². The summed E-state index contributed by atoms with van der Waals surface area (Å²) < 4.78 is 5.36. The fraction of sp³-hybridized carbons (Fsp3) is 0.545. The van der Waals surface area contributed by atoms with Crippen LogP contribution in [0, 0.1) is 5.92 Å². The van der Waals surface area contributed by atoms with Crippen molar-refractivity contribution in [3.63, 3.8) is 0 Å². The van der Waals surface area contributed by atoms with E-state index in [1.54, 1.807) is 19.1 Å². The third-order valence-corrected chi connectivity index (χ3v) is 6.37. The molecule has 3 N–H and O–H groups in total. The van der Waals surface area contributed by atoms with E-state index >= 15 is 0 Å². The summed E-state index contributed by atoms with van der Waals surface area (Å²) in [6.07, 6.45) is 4.30. The zero-order chi connectivity index (χ0) is 22.0. The Kier molecular flexibility index (Phi) is 6.22. The molecule has 4 rings (SSSR count). The Bertz CT molecular complexity index is 922. The second-order valence-corrected chi connectivity index (χ2v) is 8.39. The molecule has 9 nitrogen and oxygen atoms in total. The topological polar surface area (TPSA) is 124 Å². The van der Waals surface area contributed by atoms with Crippen LogP contribution in [0.5, 0.6) is 5.75 Å². The molecule has 166 valence electrons. The number of nitrogens with zero attached hydrogens (tertiary/aromatic N) is 3. The van der Waals surface area contributed by atoms with Crippen LogP contribution in [-0.2, 0) is 14.3 Å². The summed E-state index contributed by atoms with van der Waals surface area (Å²) in [6.45, 7) is 2.96. The van der Waals surface area contributed by atoms with Crippen LogP contribution in [0.25, 0.3) is 0 Å². The molecular weight excluding hydrogens is 400 g/mol. The third kappa shape index (κ3) is 4.41. The van der Waals surface area contributed by atoms with Crippen LogP contribution in [0.15, 0.2) is 28.4 Å². The van der Waals surface area contributed by atoms with E-state index in [9.17, 15) is 19.8 Å². The number of rotatable bonds is 5. The van der Waals surface area contributed by atoms with Gasteiger partial charge in [-0.3, -0.25) is 15.0 Å². The van der Waals surface area contributed by atoms with Crippen LogP contribution in [0.4, 0.5) is 5.69 Å². The normalized spacial score (nSPS) is 26.2. The van der Waals surface area contributed by atoms with E-state index in [0.717, 1.165) is 25.7 Å². The van der Waals surface area contributed by atoms with Crippen molar-refractivity contribution in [1.82, 2.24) is 5.01 Å². The largest absolute Gasteiger partial charge is 0.505 e. The molecule has 1 aliphatic carbocycles. The molecular formula is C22H28N4O5. The average Bonchev–Trinajstić information content (AvgIpc) is 3.07. The molecule has 0 bridgehead atoms. The van der Waals surface area contributed by atoms with Crippen molar-refractivity contribution in [2.24, 2.45) is 16.1 Å². The smallest absolute Gasteiger partial charge is 0.306 e. The van der Waals surface area contributed by atoms with E-state index in [1.165, 1.54) is 5.01 Å². The lowest BCUT2D eigenvalue weighted by atomic mass is 9.77. The number of nitrogens with one attached hydrogen (secondary N) is 1. The number of aliphatic carboxylic acids is 1. The van der Waals surface area contributed by atoms with Crippen LogP contribution >= 0.6 is 0 Å². The van der Waals surface area contributed by atoms with Gasteiger partial charge in [-0.25, -0.2) is 5.01 Å². The minimum Gasteiger partial charge on any atom is -0.505 e. The van der Waals surface area contributed by atoms with Crippen LogP contribution in [0.1, 0.15) is 56.9 Å². The van der Waals surface area contributed by atoms with Gasteiger partial charge in [0, 0.05) is 13.2 Å². The number of aromatic hydroxyl groups is 1. The monoisotopic (exact) mass is 428 g/mol. The lowest BCUT2D eigenvalue weighted by Gasteiger charge is -2.28. The molecule has 1 saturated carbocycles. The molecule has 0 radical (unpaired) electrons. The van der Waals surface area contributed by atoms with Gasteiger partial charge in [0.2, 0.25) is 0 Å². The number of carboxylic acids is 1. The fourth-order valence-corrected chi connectivity index (χ4v) is 4.62. The number of carbonyl (C=O) groups excluding carboxylic acids is 1. The first-order valence-electron chi connectivity index (χ1n) is 10.8. The molecule has 1 amide bonds. The number of para-hydroxylation sites is 1. The number of carbonyl (C=O) groups is 2. The van der Waals surface area contributed by atoms with Gasteiger partial charge in [-0.2, -0.15) is 10.2 Å². The molecule has 2 fully saturated rings. The summed E-state index contributed by atoms with van der Waals surface area (Å²) in [5, 5.41) is 30.3. The Labute approximate surface area is 180 Å². The molecule has 2 atom stereocenters. The highest BCUT2D eigenvalue weighted by Crippen LogP contribution is 2.42. The molecule has 3 aliphatic rings. The molecule has 2 aliphatic heterocycles. The van der Waals surface area contributed by atoms with E-state index in [4.69, 9.17) is 4.74 Å². The highest BCUT2D eigenvalue weighted by molar-refractivity contribution is 6.68. The first-order valence-corrected chi connectivity index (χ1v) is 10.8. The van der Waals surface area contributed by atoms with Gasteiger partial charge in [0.15, 0.2) is 5.71 Å². The lowest BCUT2D eigenvalue weighted by Crippen LogP contribution is -2.39. The molecule has 2 unspecified atom stereocenters. The van der Waals surface area contributed by atoms with Crippen molar-refractivity contribution in [1.29, 1.82) is 0 Å². The van der Waals surface area contributed by atoms with Crippen molar-refractivity contribution in [2.75, 3.05) is 18.6 Å². The summed E-state index contributed by atoms with van der Waals surface area (Å²) in [4.78, 5) is 24.2. The van der Waals surface area contributed by atoms with Crippen LogP contribution in [0.3, 0.4) is 0 Å². The maximum atomic E-state index is 12.8. The van der Waals surface area contributed by atoms with E-state index in [-0.39, 0.29) is 35.2 Å². The maximum Gasteiger partial charge on any atom is 0.306 e. The molecule has 2 heterocycles.